The number of aromatic nitrogens is 4. The molecule has 0 aliphatic rings. The van der Waals surface area contributed by atoms with Gasteiger partial charge in [-0.3, -0.25) is 14.5 Å². The van der Waals surface area contributed by atoms with E-state index in [0.29, 0.717) is 5.02 Å². The van der Waals surface area contributed by atoms with Crippen molar-refractivity contribution in [3.05, 3.63) is 88.7 Å². The van der Waals surface area contributed by atoms with Crippen molar-refractivity contribution in [3.8, 4) is 33.0 Å². The smallest absolute Gasteiger partial charge is 0.307 e. The van der Waals surface area contributed by atoms with E-state index in [2.05, 4.69) is 29.1 Å². The molecule has 3 aromatic heterocycles. The first-order valence-electron chi connectivity index (χ1n) is 12.1. The maximum absolute atomic E-state index is 11.8. The lowest BCUT2D eigenvalue weighted by atomic mass is 9.93. The highest BCUT2D eigenvalue weighted by atomic mass is 35.5. The fourth-order valence-electron chi connectivity index (χ4n) is 5.00. The third-order valence-corrected chi connectivity index (χ3v) is 8.22. The number of aryl methyl sites for hydroxylation is 3. The van der Waals surface area contributed by atoms with Crippen LogP contribution in [0.1, 0.15) is 16.7 Å². The van der Waals surface area contributed by atoms with Gasteiger partial charge >= 0.3 is 5.97 Å². The van der Waals surface area contributed by atoms with E-state index in [1.54, 1.807) is 11.3 Å². The zero-order valence-electron chi connectivity index (χ0n) is 21.0. The van der Waals surface area contributed by atoms with Crippen LogP contribution in [0.3, 0.4) is 0 Å². The molecule has 0 bridgehead atoms. The van der Waals surface area contributed by atoms with Crippen LogP contribution < -0.4 is 0 Å². The molecule has 38 heavy (non-hydrogen) atoms. The molecule has 6 nitrogen and oxygen atoms in total. The number of nitrogens with zero attached hydrogens (tertiary/aromatic N) is 4. The largest absolute Gasteiger partial charge is 0.481 e. The number of aliphatic carboxylic acids is 1. The molecule has 0 atom stereocenters. The lowest BCUT2D eigenvalue weighted by Gasteiger charge is -2.13. The first kappa shape index (κ1) is 24.3. The number of hydrogen-bond donors (Lipinski definition) is 1. The number of carbonyl (C=O) groups is 1. The monoisotopic (exact) mass is 538 g/mol. The Kier molecular flexibility index (Phi) is 5.97. The van der Waals surface area contributed by atoms with E-state index in [1.807, 2.05) is 73.5 Å². The Bertz CT molecular complexity index is 1870. The molecule has 0 unspecified atom stereocenters. The van der Waals surface area contributed by atoms with Crippen LogP contribution in [0.5, 0.6) is 0 Å². The number of halogens is 1. The summed E-state index contributed by atoms with van der Waals surface area (Å²) in [6, 6.07) is 17.6. The van der Waals surface area contributed by atoms with Gasteiger partial charge in [0.2, 0.25) is 0 Å². The Balaban J connectivity index is 1.51. The molecule has 6 aromatic rings. The molecule has 0 saturated heterocycles. The highest BCUT2D eigenvalue weighted by Gasteiger charge is 2.20. The highest BCUT2D eigenvalue weighted by Crippen LogP contribution is 2.41. The second-order valence-corrected chi connectivity index (χ2v) is 10.8. The van der Waals surface area contributed by atoms with Gasteiger partial charge in [-0.25, -0.2) is 4.98 Å². The van der Waals surface area contributed by atoms with Crippen LogP contribution in [0.15, 0.2) is 67.0 Å². The van der Waals surface area contributed by atoms with Crippen molar-refractivity contribution in [2.45, 2.75) is 20.3 Å². The van der Waals surface area contributed by atoms with Crippen LogP contribution in [0, 0.1) is 13.8 Å². The Morgan fingerprint density at radius 1 is 1.03 bits per heavy atom. The van der Waals surface area contributed by atoms with Crippen LogP contribution >= 0.6 is 22.9 Å². The summed E-state index contributed by atoms with van der Waals surface area (Å²) >= 11 is 7.71. The molecular formula is C30H23ClN4O2S. The molecule has 0 saturated carbocycles. The van der Waals surface area contributed by atoms with E-state index in [1.165, 1.54) is 0 Å². The van der Waals surface area contributed by atoms with Crippen LogP contribution in [-0.2, 0) is 18.3 Å². The van der Waals surface area contributed by atoms with Gasteiger partial charge < -0.3 is 5.11 Å². The molecule has 3 aromatic carbocycles. The lowest BCUT2D eigenvalue weighted by Crippen LogP contribution is -2.04. The second kappa shape index (κ2) is 9.35. The first-order chi connectivity index (χ1) is 18.3. The zero-order chi connectivity index (χ0) is 26.6. The number of benzene rings is 3. The number of carboxylic acid groups (broad SMARTS) is 1. The van der Waals surface area contributed by atoms with E-state index in [0.717, 1.165) is 70.8 Å². The zero-order valence-corrected chi connectivity index (χ0v) is 22.6. The van der Waals surface area contributed by atoms with Gasteiger partial charge in [0.15, 0.2) is 0 Å². The molecule has 188 valence electrons. The van der Waals surface area contributed by atoms with E-state index < -0.39 is 5.97 Å². The summed E-state index contributed by atoms with van der Waals surface area (Å²) < 4.78 is 2.78. The highest BCUT2D eigenvalue weighted by molar-refractivity contribution is 7.22. The Morgan fingerprint density at radius 2 is 1.82 bits per heavy atom. The Hall–Kier alpha value is -4.07. The molecule has 0 aliphatic carbocycles. The maximum Gasteiger partial charge on any atom is 0.307 e. The lowest BCUT2D eigenvalue weighted by molar-refractivity contribution is -0.136. The number of thiazole rings is 1. The fourth-order valence-corrected chi connectivity index (χ4v) is 6.26. The fraction of sp³-hybridized carbons (Fsp3) is 0.133. The number of pyridine rings is 1. The topological polar surface area (TPSA) is 80.9 Å². The first-order valence-corrected chi connectivity index (χ1v) is 13.3. The van der Waals surface area contributed by atoms with Crippen molar-refractivity contribution >= 4 is 50.0 Å². The minimum Gasteiger partial charge on any atom is -0.481 e. The molecule has 0 amide bonds. The van der Waals surface area contributed by atoms with Crippen molar-refractivity contribution in [1.29, 1.82) is 0 Å². The molecule has 3 heterocycles. The van der Waals surface area contributed by atoms with Gasteiger partial charge in [0.25, 0.3) is 0 Å². The molecule has 8 heteroatoms. The third kappa shape index (κ3) is 4.23. The third-order valence-electron chi connectivity index (χ3n) is 6.83. The van der Waals surface area contributed by atoms with Gasteiger partial charge in [0, 0.05) is 46.5 Å². The van der Waals surface area contributed by atoms with Gasteiger partial charge in [-0.05, 0) is 72.5 Å². The minimum absolute atomic E-state index is 0.0670. The minimum atomic E-state index is -0.868. The molecular weight excluding hydrogens is 516 g/mol. The molecule has 0 spiro atoms. The van der Waals surface area contributed by atoms with Crippen molar-refractivity contribution in [1.82, 2.24) is 19.7 Å². The number of fused-ring (bicyclic) bond motifs is 2. The van der Waals surface area contributed by atoms with Gasteiger partial charge in [0.05, 0.1) is 27.8 Å². The van der Waals surface area contributed by atoms with Crippen LogP contribution in [-0.4, -0.2) is 30.8 Å². The Morgan fingerprint density at radius 3 is 2.58 bits per heavy atom. The average molecular weight is 539 g/mol. The molecule has 1 N–H and O–H groups in total. The Labute approximate surface area is 228 Å². The quantitative estimate of drug-likeness (QED) is 0.246. The van der Waals surface area contributed by atoms with Crippen LogP contribution in [0.2, 0.25) is 5.02 Å². The summed E-state index contributed by atoms with van der Waals surface area (Å²) in [5, 5.41) is 16.7. The van der Waals surface area contributed by atoms with Gasteiger partial charge in [-0.15, -0.1) is 11.3 Å². The van der Waals surface area contributed by atoms with E-state index in [-0.39, 0.29) is 6.42 Å². The summed E-state index contributed by atoms with van der Waals surface area (Å²) in [7, 11) is 1.92. The molecule has 0 fully saturated rings. The molecule has 0 aliphatic heterocycles. The van der Waals surface area contributed by atoms with Crippen molar-refractivity contribution in [3.63, 3.8) is 0 Å². The molecule has 6 rings (SSSR count). The van der Waals surface area contributed by atoms with Crippen LogP contribution in [0.25, 0.3) is 54.1 Å². The predicted octanol–water partition coefficient (Wildman–Crippen LogP) is 7.48. The SMILES string of the molecule is Cc1cc2nc(-c3ccnc(-c4ccc5nn(C)cc5c4C)c3)sc2c(-c2ccc(Cl)cc2)c1CC(=O)O. The number of hydrogen-bond acceptors (Lipinski definition) is 5. The summed E-state index contributed by atoms with van der Waals surface area (Å²) in [4.78, 5) is 21.4. The molecule has 0 radical (unpaired) electrons. The maximum atomic E-state index is 11.8. The van der Waals surface area contributed by atoms with E-state index in [9.17, 15) is 9.90 Å². The summed E-state index contributed by atoms with van der Waals surface area (Å²) in [6.07, 6.45) is 3.77. The summed E-state index contributed by atoms with van der Waals surface area (Å²) in [5.41, 5.74) is 9.31. The average Bonchev–Trinajstić information content (AvgIpc) is 3.48. The van der Waals surface area contributed by atoms with Crippen molar-refractivity contribution in [2.24, 2.45) is 7.05 Å². The van der Waals surface area contributed by atoms with E-state index >= 15 is 0 Å². The summed E-state index contributed by atoms with van der Waals surface area (Å²) in [5.74, 6) is -0.868. The van der Waals surface area contributed by atoms with Gasteiger partial charge in [-0.1, -0.05) is 29.8 Å². The van der Waals surface area contributed by atoms with Gasteiger partial charge in [0.1, 0.15) is 5.01 Å². The number of rotatable bonds is 5. The normalized spacial score (nSPS) is 11.5. The second-order valence-electron chi connectivity index (χ2n) is 9.40. The standard InChI is InChI=1S/C30H23ClN4O2S/c1-16-12-26-29(28(22(16)14-27(36)37)18-4-6-20(31)7-5-18)38-30(33-26)19-10-11-32-25(13-19)21-8-9-24-23(17(21)2)15-35(3)34-24/h4-13,15H,14H2,1-3H3,(H,36,37). The van der Waals surface area contributed by atoms with Gasteiger partial charge in [-0.2, -0.15) is 5.10 Å². The van der Waals surface area contributed by atoms with E-state index in [4.69, 9.17) is 16.6 Å². The van der Waals surface area contributed by atoms with Crippen molar-refractivity contribution in [2.75, 3.05) is 0 Å². The predicted molar refractivity (Wildman–Crippen MR) is 154 cm³/mol. The summed E-state index contributed by atoms with van der Waals surface area (Å²) in [6.45, 7) is 4.04. The van der Waals surface area contributed by atoms with Crippen LogP contribution in [0.4, 0.5) is 0 Å². The number of carboxylic acids is 1. The van der Waals surface area contributed by atoms with Crippen molar-refractivity contribution < 1.29 is 9.90 Å².